The van der Waals surface area contributed by atoms with Crippen LogP contribution in [-0.4, -0.2) is 44.6 Å². The van der Waals surface area contributed by atoms with Crippen molar-refractivity contribution in [2.24, 2.45) is 10.9 Å². The molecule has 0 bridgehead atoms. The van der Waals surface area contributed by atoms with Crippen molar-refractivity contribution in [1.29, 1.82) is 0 Å². The average molecular weight is 379 g/mol. The fourth-order valence-electron chi connectivity index (χ4n) is 2.13. The number of hydrogen-bond acceptors (Lipinski definition) is 6. The van der Waals surface area contributed by atoms with Gasteiger partial charge >= 0.3 is 0 Å². The number of amidine groups is 1. The van der Waals surface area contributed by atoms with Crippen LogP contribution in [0.3, 0.4) is 0 Å². The van der Waals surface area contributed by atoms with E-state index in [9.17, 15) is 14.4 Å². The minimum Gasteiger partial charge on any atom is -0.324 e. The normalized spacial score (nSPS) is 17.0. The van der Waals surface area contributed by atoms with Crippen LogP contribution in [0.25, 0.3) is 11.3 Å². The van der Waals surface area contributed by atoms with Crippen molar-refractivity contribution in [3.8, 4) is 11.3 Å². The first kappa shape index (κ1) is 17.1. The maximum atomic E-state index is 12.3. The molecule has 3 N–H and O–H groups in total. The van der Waals surface area contributed by atoms with Crippen LogP contribution in [0.1, 0.15) is 0 Å². The van der Waals surface area contributed by atoms with Gasteiger partial charge in [0.05, 0.1) is 16.9 Å². The van der Waals surface area contributed by atoms with E-state index >= 15 is 0 Å². The van der Waals surface area contributed by atoms with Crippen LogP contribution in [0.5, 0.6) is 0 Å². The van der Waals surface area contributed by atoms with E-state index in [-0.39, 0.29) is 15.9 Å². The van der Waals surface area contributed by atoms with Gasteiger partial charge in [0.25, 0.3) is 5.91 Å². The maximum Gasteiger partial charge on any atom is 0.270 e. The number of H-pyrrole nitrogens is 1. The highest BCUT2D eigenvalue weighted by Gasteiger charge is 2.38. The predicted molar refractivity (Wildman–Crippen MR) is 93.0 cm³/mol. The molecule has 3 amide bonds. The summed E-state index contributed by atoms with van der Waals surface area (Å²) in [6, 6.07) is 4.81. The SMILES string of the molecule is CSC1=NC(=O)C(C(=O)Nc2ccc(-c3cn[nH]n3)cc2Cl)C(=O)N1. The van der Waals surface area contributed by atoms with Gasteiger partial charge in [-0.15, -0.1) is 0 Å². The lowest BCUT2D eigenvalue weighted by Crippen LogP contribution is -2.48. The van der Waals surface area contributed by atoms with E-state index < -0.39 is 23.6 Å². The van der Waals surface area contributed by atoms with E-state index in [1.54, 1.807) is 24.5 Å². The molecule has 0 spiro atoms. The van der Waals surface area contributed by atoms with E-state index in [1.807, 2.05) is 0 Å². The number of nitrogens with zero attached hydrogens (tertiary/aromatic N) is 3. The summed E-state index contributed by atoms with van der Waals surface area (Å²) in [5, 5.41) is 15.4. The van der Waals surface area contributed by atoms with E-state index in [1.165, 1.54) is 6.20 Å². The Hall–Kier alpha value is -2.72. The quantitative estimate of drug-likeness (QED) is 0.685. The van der Waals surface area contributed by atoms with Crippen molar-refractivity contribution in [3.63, 3.8) is 0 Å². The number of rotatable bonds is 3. The Labute approximate surface area is 150 Å². The van der Waals surface area contributed by atoms with Gasteiger partial charge < -0.3 is 10.6 Å². The molecule has 1 aliphatic heterocycles. The number of benzene rings is 1. The molecule has 1 aliphatic rings. The molecule has 2 aromatic rings. The molecule has 25 heavy (non-hydrogen) atoms. The van der Waals surface area contributed by atoms with Crippen LogP contribution in [0.4, 0.5) is 5.69 Å². The van der Waals surface area contributed by atoms with Crippen molar-refractivity contribution < 1.29 is 14.4 Å². The summed E-state index contributed by atoms with van der Waals surface area (Å²) >= 11 is 7.26. The summed E-state index contributed by atoms with van der Waals surface area (Å²) in [4.78, 5) is 39.8. The molecule has 128 valence electrons. The number of hydrogen-bond donors (Lipinski definition) is 3. The van der Waals surface area contributed by atoms with Gasteiger partial charge in [0, 0.05) is 5.56 Å². The first-order chi connectivity index (χ1) is 12.0. The van der Waals surface area contributed by atoms with Gasteiger partial charge in [-0.3, -0.25) is 14.4 Å². The lowest BCUT2D eigenvalue weighted by atomic mass is 10.1. The zero-order valence-electron chi connectivity index (χ0n) is 12.7. The van der Waals surface area contributed by atoms with E-state index in [2.05, 4.69) is 31.0 Å². The third-order valence-electron chi connectivity index (χ3n) is 3.34. The molecular weight excluding hydrogens is 368 g/mol. The Bertz CT molecular complexity index is 883. The molecule has 1 atom stereocenters. The standard InChI is InChI=1S/C14H11ClN6O3S/c1-25-14-18-12(23)10(13(24)19-14)11(22)17-8-3-2-6(4-7(8)15)9-5-16-21-20-9/h2-5,10H,1H3,(H,17,22)(H,16,20,21)(H,18,19,23,24). The van der Waals surface area contributed by atoms with Crippen molar-refractivity contribution in [3.05, 3.63) is 29.4 Å². The first-order valence-corrected chi connectivity index (χ1v) is 8.54. The Balaban J connectivity index is 1.78. The molecule has 1 unspecified atom stereocenters. The lowest BCUT2D eigenvalue weighted by molar-refractivity contribution is -0.139. The fourth-order valence-corrected chi connectivity index (χ4v) is 2.74. The summed E-state index contributed by atoms with van der Waals surface area (Å²) < 4.78 is 0. The number of aliphatic imine (C=N–C) groups is 1. The Kier molecular flexibility index (Phi) is 4.81. The van der Waals surface area contributed by atoms with Crippen molar-refractivity contribution in [1.82, 2.24) is 20.7 Å². The van der Waals surface area contributed by atoms with Crippen molar-refractivity contribution in [2.45, 2.75) is 0 Å². The van der Waals surface area contributed by atoms with Crippen LogP contribution >= 0.6 is 23.4 Å². The van der Waals surface area contributed by atoms with Crippen LogP contribution in [-0.2, 0) is 14.4 Å². The number of carbonyl (C=O) groups is 3. The molecule has 0 fully saturated rings. The number of aromatic amines is 1. The molecule has 9 nitrogen and oxygen atoms in total. The van der Waals surface area contributed by atoms with Gasteiger partial charge in [-0.05, 0) is 18.4 Å². The van der Waals surface area contributed by atoms with Crippen molar-refractivity contribution >= 4 is 51.9 Å². The molecule has 1 aromatic carbocycles. The fraction of sp³-hybridized carbons (Fsp3) is 0.143. The first-order valence-electron chi connectivity index (χ1n) is 6.93. The minimum atomic E-state index is -1.55. The molecule has 3 rings (SSSR count). The third kappa shape index (κ3) is 3.54. The van der Waals surface area contributed by atoms with Gasteiger partial charge in [-0.2, -0.15) is 20.4 Å². The molecule has 0 saturated carbocycles. The molecule has 0 radical (unpaired) electrons. The topological polar surface area (TPSA) is 129 Å². The Morgan fingerprint density at radius 2 is 2.16 bits per heavy atom. The summed E-state index contributed by atoms with van der Waals surface area (Å²) in [6.07, 6.45) is 3.18. The van der Waals surface area contributed by atoms with Crippen molar-refractivity contribution in [2.75, 3.05) is 11.6 Å². The second-order valence-electron chi connectivity index (χ2n) is 4.92. The van der Waals surface area contributed by atoms with Gasteiger partial charge in [-0.1, -0.05) is 29.4 Å². The van der Waals surface area contributed by atoms with Crippen LogP contribution in [0.2, 0.25) is 5.02 Å². The molecular formula is C14H11ClN6O3S. The monoisotopic (exact) mass is 378 g/mol. The highest BCUT2D eigenvalue weighted by Crippen LogP contribution is 2.28. The number of nitrogens with one attached hydrogen (secondary N) is 3. The summed E-state index contributed by atoms with van der Waals surface area (Å²) in [6.45, 7) is 0. The van der Waals surface area contributed by atoms with Crippen LogP contribution in [0, 0.1) is 5.92 Å². The second kappa shape index (κ2) is 7.03. The third-order valence-corrected chi connectivity index (χ3v) is 4.24. The highest BCUT2D eigenvalue weighted by molar-refractivity contribution is 8.13. The van der Waals surface area contributed by atoms with Crippen LogP contribution in [0.15, 0.2) is 29.4 Å². The molecule has 2 heterocycles. The molecule has 11 heteroatoms. The largest absolute Gasteiger partial charge is 0.324 e. The number of anilines is 1. The zero-order valence-corrected chi connectivity index (χ0v) is 14.3. The minimum absolute atomic E-state index is 0.161. The van der Waals surface area contributed by atoms with Gasteiger partial charge in [0.2, 0.25) is 11.8 Å². The number of carbonyl (C=O) groups excluding carboxylic acids is 3. The van der Waals surface area contributed by atoms with Gasteiger partial charge in [0.15, 0.2) is 11.1 Å². The van der Waals surface area contributed by atoms with Gasteiger partial charge in [-0.25, -0.2) is 0 Å². The predicted octanol–water partition coefficient (Wildman–Crippen LogP) is 1.06. The number of amides is 3. The Morgan fingerprint density at radius 3 is 2.76 bits per heavy atom. The number of halogens is 1. The smallest absolute Gasteiger partial charge is 0.270 e. The zero-order chi connectivity index (χ0) is 18.0. The highest BCUT2D eigenvalue weighted by atomic mass is 35.5. The Morgan fingerprint density at radius 1 is 1.36 bits per heavy atom. The number of aromatic nitrogens is 3. The van der Waals surface area contributed by atoms with Gasteiger partial charge in [0.1, 0.15) is 5.69 Å². The van der Waals surface area contributed by atoms with E-state index in [0.29, 0.717) is 11.3 Å². The second-order valence-corrected chi connectivity index (χ2v) is 6.12. The van der Waals surface area contributed by atoms with E-state index in [4.69, 9.17) is 11.6 Å². The molecule has 0 aliphatic carbocycles. The summed E-state index contributed by atoms with van der Waals surface area (Å²) in [7, 11) is 0. The average Bonchev–Trinajstić information content (AvgIpc) is 3.10. The van der Waals surface area contributed by atoms with Crippen LogP contribution < -0.4 is 10.6 Å². The summed E-state index contributed by atoms with van der Waals surface area (Å²) in [5.41, 5.74) is 1.54. The lowest BCUT2D eigenvalue weighted by Gasteiger charge is -2.19. The molecule has 1 aromatic heterocycles. The van der Waals surface area contributed by atoms with E-state index in [0.717, 1.165) is 11.8 Å². The summed E-state index contributed by atoms with van der Waals surface area (Å²) in [5.74, 6) is -3.90. The maximum absolute atomic E-state index is 12.3. The number of thioether (sulfide) groups is 1. The molecule has 0 saturated heterocycles.